The molecule has 2 heterocycles. The van der Waals surface area contributed by atoms with Gasteiger partial charge in [0, 0.05) is 30.1 Å². The van der Waals surface area contributed by atoms with Crippen LogP contribution in [0.25, 0.3) is 11.3 Å². The highest BCUT2D eigenvalue weighted by Gasteiger charge is 2.06. The third-order valence-electron chi connectivity index (χ3n) is 3.71. The highest BCUT2D eigenvalue weighted by atomic mass is 32.1. The molecule has 5 heteroatoms. The predicted molar refractivity (Wildman–Crippen MR) is 94.1 cm³/mol. The third kappa shape index (κ3) is 4.26. The molecule has 0 fully saturated rings. The van der Waals surface area contributed by atoms with Gasteiger partial charge < -0.3 is 5.32 Å². The molecule has 0 spiro atoms. The van der Waals surface area contributed by atoms with E-state index in [1.54, 1.807) is 35.7 Å². The highest BCUT2D eigenvalue weighted by molar-refractivity contribution is 7.08. The monoisotopic (exact) mass is 340 g/mol. The first-order chi connectivity index (χ1) is 11.7. The lowest BCUT2D eigenvalue weighted by molar-refractivity contribution is -0.121. The van der Waals surface area contributed by atoms with Crippen molar-refractivity contribution >= 4 is 17.2 Å². The summed E-state index contributed by atoms with van der Waals surface area (Å²) in [7, 11) is 0. The summed E-state index contributed by atoms with van der Waals surface area (Å²) < 4.78 is 13.5. The van der Waals surface area contributed by atoms with Crippen molar-refractivity contribution in [3.05, 3.63) is 76.4 Å². The molecule has 0 saturated heterocycles. The lowest BCUT2D eigenvalue weighted by atomic mass is 10.1. The van der Waals surface area contributed by atoms with Crippen molar-refractivity contribution in [2.45, 2.75) is 19.4 Å². The largest absolute Gasteiger partial charge is 0.352 e. The molecule has 24 heavy (non-hydrogen) atoms. The molecule has 0 unspecified atom stereocenters. The molecular weight excluding hydrogens is 323 g/mol. The molecule has 0 bridgehead atoms. The van der Waals surface area contributed by atoms with E-state index < -0.39 is 0 Å². The molecule has 0 aliphatic rings. The van der Waals surface area contributed by atoms with E-state index in [0.717, 1.165) is 16.8 Å². The zero-order chi connectivity index (χ0) is 16.8. The van der Waals surface area contributed by atoms with Crippen molar-refractivity contribution in [1.82, 2.24) is 10.3 Å². The minimum Gasteiger partial charge on any atom is -0.352 e. The van der Waals surface area contributed by atoms with Gasteiger partial charge in [-0.1, -0.05) is 18.2 Å². The lowest BCUT2D eigenvalue weighted by Gasteiger charge is -2.07. The van der Waals surface area contributed by atoms with Gasteiger partial charge in [-0.15, -0.1) is 0 Å². The van der Waals surface area contributed by atoms with Gasteiger partial charge in [0.05, 0.1) is 5.69 Å². The van der Waals surface area contributed by atoms with E-state index in [9.17, 15) is 9.18 Å². The van der Waals surface area contributed by atoms with E-state index in [1.807, 2.05) is 29.0 Å². The Balaban J connectivity index is 1.53. The van der Waals surface area contributed by atoms with Crippen LogP contribution >= 0.6 is 11.3 Å². The van der Waals surface area contributed by atoms with Crippen molar-refractivity contribution in [3.63, 3.8) is 0 Å². The summed E-state index contributed by atoms with van der Waals surface area (Å²) in [5.41, 5.74) is 3.53. The third-order valence-corrected chi connectivity index (χ3v) is 4.39. The molecule has 3 nitrogen and oxygen atoms in total. The van der Waals surface area contributed by atoms with E-state index in [4.69, 9.17) is 0 Å². The van der Waals surface area contributed by atoms with E-state index in [1.165, 1.54) is 6.07 Å². The van der Waals surface area contributed by atoms with Gasteiger partial charge in [-0.2, -0.15) is 11.3 Å². The van der Waals surface area contributed by atoms with Crippen molar-refractivity contribution in [2.24, 2.45) is 0 Å². The van der Waals surface area contributed by atoms with Crippen LogP contribution in [-0.4, -0.2) is 10.9 Å². The van der Waals surface area contributed by atoms with Gasteiger partial charge in [-0.05, 0) is 47.2 Å². The number of aryl methyl sites for hydroxylation is 1. The normalized spacial score (nSPS) is 10.5. The number of nitrogens with one attached hydrogen (secondary N) is 1. The molecule has 0 atom stereocenters. The zero-order valence-electron chi connectivity index (χ0n) is 13.0. The Morgan fingerprint density at radius 1 is 1.21 bits per heavy atom. The number of amides is 1. The van der Waals surface area contributed by atoms with Gasteiger partial charge in [0.2, 0.25) is 5.91 Å². The minimum atomic E-state index is -0.264. The number of benzene rings is 1. The number of hydrogen-bond donors (Lipinski definition) is 1. The first kappa shape index (κ1) is 16.3. The molecule has 0 aliphatic heterocycles. The quantitative estimate of drug-likeness (QED) is 0.731. The predicted octanol–water partition coefficient (Wildman–Crippen LogP) is 4.20. The maximum Gasteiger partial charge on any atom is 0.220 e. The molecule has 0 radical (unpaired) electrons. The van der Waals surface area contributed by atoms with E-state index in [2.05, 4.69) is 10.3 Å². The Kier molecular flexibility index (Phi) is 5.33. The molecule has 1 amide bonds. The minimum absolute atomic E-state index is 0.0906. The number of rotatable bonds is 6. The fraction of sp³-hybridized carbons (Fsp3) is 0.158. The van der Waals surface area contributed by atoms with Gasteiger partial charge in [-0.3, -0.25) is 9.78 Å². The summed E-state index contributed by atoms with van der Waals surface area (Å²) in [5.74, 6) is -0.355. The first-order valence-corrected chi connectivity index (χ1v) is 8.64. The Morgan fingerprint density at radius 2 is 2.08 bits per heavy atom. The number of nitrogens with zero attached hydrogens (tertiary/aromatic N) is 1. The number of carbonyl (C=O) groups excluding carboxylic acids is 1. The summed E-state index contributed by atoms with van der Waals surface area (Å²) in [4.78, 5) is 16.3. The number of pyridine rings is 1. The lowest BCUT2D eigenvalue weighted by Crippen LogP contribution is -2.23. The van der Waals surface area contributed by atoms with Gasteiger partial charge in [0.1, 0.15) is 5.82 Å². The average Bonchev–Trinajstić information content (AvgIpc) is 3.14. The molecule has 3 aromatic rings. The van der Waals surface area contributed by atoms with Crippen LogP contribution < -0.4 is 5.32 Å². The molecule has 122 valence electrons. The second-order valence-electron chi connectivity index (χ2n) is 5.43. The molecular formula is C19H17FN2OS. The van der Waals surface area contributed by atoms with Crippen LogP contribution in [0.1, 0.15) is 17.5 Å². The topological polar surface area (TPSA) is 42.0 Å². The maximum atomic E-state index is 13.5. The number of thiophene rings is 1. The fourth-order valence-electron chi connectivity index (χ4n) is 2.39. The number of aromatic nitrogens is 1. The molecule has 1 N–H and O–H groups in total. The van der Waals surface area contributed by atoms with Crippen molar-refractivity contribution in [2.75, 3.05) is 0 Å². The smallest absolute Gasteiger partial charge is 0.220 e. The summed E-state index contributed by atoms with van der Waals surface area (Å²) >= 11 is 1.62. The van der Waals surface area contributed by atoms with E-state index in [0.29, 0.717) is 18.5 Å². The Bertz CT molecular complexity index is 818. The van der Waals surface area contributed by atoms with Crippen LogP contribution in [0.15, 0.2) is 59.4 Å². The van der Waals surface area contributed by atoms with Gasteiger partial charge in [0.25, 0.3) is 0 Å². The van der Waals surface area contributed by atoms with Gasteiger partial charge in [-0.25, -0.2) is 4.39 Å². The summed E-state index contributed by atoms with van der Waals surface area (Å²) in [6.07, 6.45) is 2.41. The fourth-order valence-corrected chi connectivity index (χ4v) is 3.04. The summed E-state index contributed by atoms with van der Waals surface area (Å²) in [6, 6.07) is 12.4. The van der Waals surface area contributed by atoms with Crippen LogP contribution in [0.2, 0.25) is 0 Å². The Labute approximate surface area is 144 Å². The highest BCUT2D eigenvalue weighted by Crippen LogP contribution is 2.20. The molecule has 3 rings (SSSR count). The van der Waals surface area contributed by atoms with Gasteiger partial charge >= 0.3 is 0 Å². The Morgan fingerprint density at radius 3 is 2.88 bits per heavy atom. The van der Waals surface area contributed by atoms with Crippen LogP contribution in [0.4, 0.5) is 4.39 Å². The number of hydrogen-bond acceptors (Lipinski definition) is 3. The molecule has 0 aliphatic carbocycles. The van der Waals surface area contributed by atoms with Crippen LogP contribution in [0, 0.1) is 5.82 Å². The van der Waals surface area contributed by atoms with Crippen molar-refractivity contribution in [3.8, 4) is 11.3 Å². The van der Waals surface area contributed by atoms with Crippen LogP contribution in [0.3, 0.4) is 0 Å². The standard InChI is InChI=1S/C19H17FN2OS/c20-17-4-2-1-3-15(17)5-6-19(23)22-12-14-7-9-21-18(11-14)16-8-10-24-13-16/h1-4,7-11,13H,5-6,12H2,(H,22,23). The van der Waals surface area contributed by atoms with Crippen molar-refractivity contribution < 1.29 is 9.18 Å². The summed E-state index contributed by atoms with van der Waals surface area (Å²) in [6.45, 7) is 0.440. The average molecular weight is 340 g/mol. The Hall–Kier alpha value is -2.53. The second-order valence-corrected chi connectivity index (χ2v) is 6.21. The van der Waals surface area contributed by atoms with Crippen LogP contribution in [-0.2, 0) is 17.8 Å². The maximum absolute atomic E-state index is 13.5. The number of halogens is 1. The van der Waals surface area contributed by atoms with Crippen molar-refractivity contribution in [1.29, 1.82) is 0 Å². The molecule has 0 saturated carbocycles. The SMILES string of the molecule is O=C(CCc1ccccc1F)NCc1ccnc(-c2ccsc2)c1. The second kappa shape index (κ2) is 7.84. The summed E-state index contributed by atoms with van der Waals surface area (Å²) in [5, 5.41) is 6.92. The molecule has 2 aromatic heterocycles. The van der Waals surface area contributed by atoms with E-state index in [-0.39, 0.29) is 18.1 Å². The van der Waals surface area contributed by atoms with E-state index >= 15 is 0 Å². The molecule has 1 aromatic carbocycles. The number of carbonyl (C=O) groups is 1. The van der Waals surface area contributed by atoms with Crippen LogP contribution in [0.5, 0.6) is 0 Å². The first-order valence-electron chi connectivity index (χ1n) is 7.70. The zero-order valence-corrected chi connectivity index (χ0v) is 13.9. The van der Waals surface area contributed by atoms with Gasteiger partial charge in [0.15, 0.2) is 0 Å².